The van der Waals surface area contributed by atoms with E-state index in [0.29, 0.717) is 23.1 Å². The third-order valence-corrected chi connectivity index (χ3v) is 4.18. The number of thiophene rings is 1. The first kappa shape index (κ1) is 12.3. The largest absolute Gasteiger partial charge is 0.507 e. The molecular formula is C15H11ClO2S. The summed E-state index contributed by atoms with van der Waals surface area (Å²) in [5.41, 5.74) is 0. The molecule has 1 aromatic heterocycles. The number of aromatic hydroxyl groups is 1. The minimum Gasteiger partial charge on any atom is -0.507 e. The summed E-state index contributed by atoms with van der Waals surface area (Å²) in [7, 11) is 0. The van der Waals surface area contributed by atoms with Crippen LogP contribution in [0.4, 0.5) is 0 Å². The van der Waals surface area contributed by atoms with Gasteiger partial charge in [0, 0.05) is 15.0 Å². The summed E-state index contributed by atoms with van der Waals surface area (Å²) in [6.07, 6.45) is 0. The van der Waals surface area contributed by atoms with Gasteiger partial charge in [-0.15, -0.1) is 11.3 Å². The summed E-state index contributed by atoms with van der Waals surface area (Å²) in [6, 6.07) is 14.9. The summed E-state index contributed by atoms with van der Waals surface area (Å²) in [4.78, 5) is 1.05. The van der Waals surface area contributed by atoms with Crippen molar-refractivity contribution in [2.45, 2.75) is 6.61 Å². The summed E-state index contributed by atoms with van der Waals surface area (Å²) in [5.74, 6) is 0.976. The van der Waals surface area contributed by atoms with Crippen LogP contribution in [0.1, 0.15) is 4.88 Å². The predicted molar refractivity (Wildman–Crippen MR) is 79.3 cm³/mol. The molecule has 0 amide bonds. The van der Waals surface area contributed by atoms with Gasteiger partial charge >= 0.3 is 0 Å². The van der Waals surface area contributed by atoms with Crippen LogP contribution in [-0.4, -0.2) is 5.11 Å². The topological polar surface area (TPSA) is 29.5 Å². The SMILES string of the molecule is Oc1cccc2sc(COc3ccccc3Cl)cc12. The highest BCUT2D eigenvalue weighted by molar-refractivity contribution is 7.19. The van der Waals surface area contributed by atoms with E-state index in [4.69, 9.17) is 16.3 Å². The van der Waals surface area contributed by atoms with Crippen LogP contribution in [0.2, 0.25) is 5.02 Å². The third kappa shape index (κ3) is 2.53. The van der Waals surface area contributed by atoms with Crippen molar-refractivity contribution in [3.63, 3.8) is 0 Å². The molecule has 0 aliphatic heterocycles. The maximum absolute atomic E-state index is 9.76. The van der Waals surface area contributed by atoms with E-state index in [1.54, 1.807) is 23.5 Å². The summed E-state index contributed by atoms with van der Waals surface area (Å²) >= 11 is 7.64. The molecular weight excluding hydrogens is 280 g/mol. The van der Waals surface area contributed by atoms with Gasteiger partial charge in [0.25, 0.3) is 0 Å². The molecule has 1 N–H and O–H groups in total. The molecule has 0 spiro atoms. The Labute approximate surface area is 119 Å². The van der Waals surface area contributed by atoms with Gasteiger partial charge in [-0.1, -0.05) is 29.8 Å². The number of halogens is 1. The third-order valence-electron chi connectivity index (χ3n) is 2.80. The summed E-state index contributed by atoms with van der Waals surface area (Å²) in [5, 5.41) is 11.2. The molecule has 0 unspecified atom stereocenters. The fraction of sp³-hybridized carbons (Fsp3) is 0.0667. The number of phenols is 1. The van der Waals surface area contributed by atoms with E-state index in [9.17, 15) is 5.11 Å². The quantitative estimate of drug-likeness (QED) is 0.748. The molecule has 0 fully saturated rings. The summed E-state index contributed by atoms with van der Waals surface area (Å²) < 4.78 is 6.74. The average Bonchev–Trinajstić information content (AvgIpc) is 2.82. The van der Waals surface area contributed by atoms with Crippen molar-refractivity contribution in [3.05, 3.63) is 58.4 Å². The van der Waals surface area contributed by atoms with Gasteiger partial charge in [-0.05, 0) is 30.3 Å². The zero-order valence-electron chi connectivity index (χ0n) is 9.97. The lowest BCUT2D eigenvalue weighted by atomic mass is 10.2. The molecule has 96 valence electrons. The van der Waals surface area contributed by atoms with Crippen molar-refractivity contribution in [1.82, 2.24) is 0 Å². The van der Waals surface area contributed by atoms with E-state index in [0.717, 1.165) is 15.0 Å². The zero-order chi connectivity index (χ0) is 13.2. The number of phenolic OH excluding ortho intramolecular Hbond substituents is 1. The van der Waals surface area contributed by atoms with E-state index < -0.39 is 0 Å². The van der Waals surface area contributed by atoms with Gasteiger partial charge in [0.05, 0.1) is 5.02 Å². The fourth-order valence-corrected chi connectivity index (χ4v) is 3.07. The molecule has 3 rings (SSSR count). The van der Waals surface area contributed by atoms with E-state index in [1.165, 1.54) is 0 Å². The number of fused-ring (bicyclic) bond motifs is 1. The van der Waals surface area contributed by atoms with Gasteiger partial charge in [-0.2, -0.15) is 0 Å². The Kier molecular flexibility index (Phi) is 3.32. The highest BCUT2D eigenvalue weighted by Crippen LogP contribution is 2.33. The van der Waals surface area contributed by atoms with Gasteiger partial charge in [0.2, 0.25) is 0 Å². The minimum atomic E-state index is 0.303. The second kappa shape index (κ2) is 5.11. The van der Waals surface area contributed by atoms with Gasteiger partial charge in [-0.25, -0.2) is 0 Å². The normalized spacial score (nSPS) is 10.8. The Morgan fingerprint density at radius 2 is 1.95 bits per heavy atom. The first-order valence-electron chi connectivity index (χ1n) is 5.82. The fourth-order valence-electron chi connectivity index (χ4n) is 1.88. The van der Waals surface area contributed by atoms with E-state index in [2.05, 4.69) is 0 Å². The molecule has 19 heavy (non-hydrogen) atoms. The van der Waals surface area contributed by atoms with Crippen molar-refractivity contribution in [2.24, 2.45) is 0 Å². The first-order chi connectivity index (χ1) is 9.24. The number of hydrogen-bond acceptors (Lipinski definition) is 3. The van der Waals surface area contributed by atoms with Crippen molar-refractivity contribution in [1.29, 1.82) is 0 Å². The number of rotatable bonds is 3. The average molecular weight is 291 g/mol. The molecule has 0 aliphatic carbocycles. The molecule has 0 atom stereocenters. The van der Waals surface area contributed by atoms with Crippen LogP contribution < -0.4 is 4.74 Å². The second-order valence-corrected chi connectivity index (χ2v) is 5.70. The molecule has 0 radical (unpaired) electrons. The monoisotopic (exact) mass is 290 g/mol. The Morgan fingerprint density at radius 3 is 2.74 bits per heavy atom. The maximum Gasteiger partial charge on any atom is 0.138 e. The van der Waals surface area contributed by atoms with Crippen LogP contribution in [0.5, 0.6) is 11.5 Å². The molecule has 0 saturated carbocycles. The van der Waals surface area contributed by atoms with Crippen LogP contribution in [0.25, 0.3) is 10.1 Å². The molecule has 0 saturated heterocycles. The maximum atomic E-state index is 9.76. The molecule has 0 bridgehead atoms. The number of hydrogen-bond donors (Lipinski definition) is 1. The molecule has 2 nitrogen and oxygen atoms in total. The van der Waals surface area contributed by atoms with Crippen molar-refractivity contribution in [3.8, 4) is 11.5 Å². The van der Waals surface area contributed by atoms with Crippen molar-refractivity contribution < 1.29 is 9.84 Å². The Hall–Kier alpha value is -1.71. The smallest absolute Gasteiger partial charge is 0.138 e. The molecule has 2 aromatic carbocycles. The lowest BCUT2D eigenvalue weighted by molar-refractivity contribution is 0.310. The highest BCUT2D eigenvalue weighted by Gasteiger charge is 2.07. The number of ether oxygens (including phenoxy) is 1. The van der Waals surface area contributed by atoms with E-state index in [1.807, 2.05) is 36.4 Å². The van der Waals surface area contributed by atoms with Gasteiger partial charge < -0.3 is 9.84 Å². The lowest BCUT2D eigenvalue weighted by Crippen LogP contribution is -1.92. The van der Waals surface area contributed by atoms with Crippen LogP contribution in [-0.2, 0) is 6.61 Å². The lowest BCUT2D eigenvalue weighted by Gasteiger charge is -2.05. The van der Waals surface area contributed by atoms with Gasteiger partial charge in [0.15, 0.2) is 0 Å². The van der Waals surface area contributed by atoms with E-state index >= 15 is 0 Å². The van der Waals surface area contributed by atoms with Gasteiger partial charge in [-0.3, -0.25) is 0 Å². The summed E-state index contributed by atoms with van der Waals surface area (Å²) in [6.45, 7) is 0.447. The van der Waals surface area contributed by atoms with Crippen molar-refractivity contribution >= 4 is 33.0 Å². The predicted octanol–water partition coefficient (Wildman–Crippen LogP) is 4.84. The molecule has 3 aromatic rings. The minimum absolute atomic E-state index is 0.303. The van der Waals surface area contributed by atoms with E-state index in [-0.39, 0.29) is 0 Å². The van der Waals surface area contributed by atoms with Crippen LogP contribution >= 0.6 is 22.9 Å². The molecule has 0 aliphatic rings. The zero-order valence-corrected chi connectivity index (χ0v) is 11.5. The Morgan fingerprint density at radius 1 is 1.11 bits per heavy atom. The number of benzene rings is 2. The Balaban J connectivity index is 1.83. The van der Waals surface area contributed by atoms with Crippen LogP contribution in [0.3, 0.4) is 0 Å². The van der Waals surface area contributed by atoms with Crippen molar-refractivity contribution in [2.75, 3.05) is 0 Å². The highest BCUT2D eigenvalue weighted by atomic mass is 35.5. The Bertz CT molecular complexity index is 721. The molecule has 1 heterocycles. The number of para-hydroxylation sites is 1. The second-order valence-electron chi connectivity index (χ2n) is 4.12. The molecule has 4 heteroatoms. The van der Waals surface area contributed by atoms with Crippen LogP contribution in [0.15, 0.2) is 48.5 Å². The van der Waals surface area contributed by atoms with Gasteiger partial charge in [0.1, 0.15) is 18.1 Å². The first-order valence-corrected chi connectivity index (χ1v) is 7.01. The standard InChI is InChI=1S/C15H11ClO2S/c16-12-4-1-2-6-14(12)18-9-10-8-11-13(17)5-3-7-15(11)19-10/h1-8,17H,9H2. The van der Waals surface area contributed by atoms with Crippen LogP contribution in [0, 0.1) is 0 Å².